The number of ether oxygens (including phenoxy) is 2. The molecule has 0 heterocycles. The maximum atomic E-state index is 10.1. The van der Waals surface area contributed by atoms with Crippen molar-refractivity contribution in [1.29, 1.82) is 0 Å². The highest BCUT2D eigenvalue weighted by Gasteiger charge is 2.00. The van der Waals surface area contributed by atoms with Gasteiger partial charge in [0.25, 0.3) is 0 Å². The zero-order valence-electron chi connectivity index (χ0n) is 8.47. The summed E-state index contributed by atoms with van der Waals surface area (Å²) in [7, 11) is 3.05. The summed E-state index contributed by atoms with van der Waals surface area (Å²) in [6.45, 7) is 0. The molecule has 0 aliphatic heterocycles. The molecule has 1 aromatic carbocycles. The van der Waals surface area contributed by atoms with E-state index in [0.29, 0.717) is 17.1 Å². The van der Waals surface area contributed by atoms with E-state index in [1.165, 1.54) is 20.3 Å². The molecule has 0 spiro atoms. The van der Waals surface area contributed by atoms with Crippen LogP contribution < -0.4 is 9.47 Å². The second kappa shape index (κ2) is 4.99. The van der Waals surface area contributed by atoms with Gasteiger partial charge in [0.1, 0.15) is 11.5 Å². The van der Waals surface area contributed by atoms with Gasteiger partial charge in [0, 0.05) is 12.1 Å². The molecule has 0 aromatic heterocycles. The highest BCUT2D eigenvalue weighted by molar-refractivity contribution is 5.54. The van der Waals surface area contributed by atoms with Crippen molar-refractivity contribution < 1.29 is 14.4 Å². The van der Waals surface area contributed by atoms with Gasteiger partial charge in [0.05, 0.1) is 19.1 Å². The van der Waals surface area contributed by atoms with Crippen molar-refractivity contribution in [2.45, 2.75) is 0 Å². The highest BCUT2D eigenvalue weighted by atomic mass is 16.6. The molecule has 0 fully saturated rings. The average molecular weight is 209 g/mol. The average Bonchev–Trinajstić information content (AvgIpc) is 2.25. The van der Waals surface area contributed by atoms with Crippen LogP contribution in [0.1, 0.15) is 5.56 Å². The summed E-state index contributed by atoms with van der Waals surface area (Å²) in [6.07, 6.45) is 2.25. The summed E-state index contributed by atoms with van der Waals surface area (Å²) < 4.78 is 10.0. The molecular formula is C10H11NO4. The summed E-state index contributed by atoms with van der Waals surface area (Å²) in [5.74, 6) is 1.19. The number of hydrogen-bond donors (Lipinski definition) is 0. The lowest BCUT2D eigenvalue weighted by molar-refractivity contribution is -0.400. The largest absolute Gasteiger partial charge is 0.497 e. The summed E-state index contributed by atoms with van der Waals surface area (Å²) in [5, 5.41) is 10.1. The van der Waals surface area contributed by atoms with Gasteiger partial charge in [0.2, 0.25) is 6.20 Å². The van der Waals surface area contributed by atoms with E-state index in [4.69, 9.17) is 9.47 Å². The van der Waals surface area contributed by atoms with E-state index in [1.807, 2.05) is 0 Å². The third kappa shape index (κ3) is 3.30. The third-order valence-electron chi connectivity index (χ3n) is 1.76. The van der Waals surface area contributed by atoms with E-state index in [1.54, 1.807) is 18.2 Å². The number of benzene rings is 1. The van der Waals surface area contributed by atoms with E-state index in [2.05, 4.69) is 0 Å². The number of nitro groups is 1. The Morgan fingerprint density at radius 3 is 2.13 bits per heavy atom. The quantitative estimate of drug-likeness (QED) is 0.561. The lowest BCUT2D eigenvalue weighted by Gasteiger charge is -2.04. The Labute approximate surface area is 87.1 Å². The van der Waals surface area contributed by atoms with Gasteiger partial charge in [0.15, 0.2) is 0 Å². The number of rotatable bonds is 4. The maximum absolute atomic E-state index is 10.1. The van der Waals surface area contributed by atoms with Crippen LogP contribution in [0.2, 0.25) is 0 Å². The molecular weight excluding hydrogens is 198 g/mol. The van der Waals surface area contributed by atoms with Gasteiger partial charge in [-0.1, -0.05) is 0 Å². The van der Waals surface area contributed by atoms with Crippen molar-refractivity contribution in [3.05, 3.63) is 40.1 Å². The number of nitrogens with zero attached hydrogens (tertiary/aromatic N) is 1. The zero-order chi connectivity index (χ0) is 11.3. The Bertz CT molecular complexity index is 365. The molecule has 0 saturated heterocycles. The van der Waals surface area contributed by atoms with Crippen LogP contribution in [0.5, 0.6) is 11.5 Å². The summed E-state index contributed by atoms with van der Waals surface area (Å²) in [5.41, 5.74) is 0.655. The molecule has 80 valence electrons. The molecule has 0 radical (unpaired) electrons. The Hall–Kier alpha value is -2.04. The lowest BCUT2D eigenvalue weighted by Crippen LogP contribution is -1.89. The Kier molecular flexibility index (Phi) is 3.68. The molecule has 0 unspecified atom stereocenters. The van der Waals surface area contributed by atoms with Crippen LogP contribution in [0.3, 0.4) is 0 Å². The Morgan fingerprint density at radius 1 is 1.20 bits per heavy atom. The topological polar surface area (TPSA) is 61.6 Å². The first-order chi connectivity index (χ1) is 7.15. The SMILES string of the molecule is COc1cc(/C=C\[N+](=O)[O-])cc(OC)c1. The van der Waals surface area contributed by atoms with E-state index in [9.17, 15) is 10.1 Å². The number of methoxy groups -OCH3 is 2. The zero-order valence-corrected chi connectivity index (χ0v) is 8.47. The van der Waals surface area contributed by atoms with E-state index >= 15 is 0 Å². The van der Waals surface area contributed by atoms with Crippen molar-refractivity contribution in [3.63, 3.8) is 0 Å². The molecule has 15 heavy (non-hydrogen) atoms. The van der Waals surface area contributed by atoms with Crippen LogP contribution in [0.15, 0.2) is 24.4 Å². The predicted octanol–water partition coefficient (Wildman–Crippen LogP) is 1.95. The molecule has 0 aliphatic rings. The molecule has 5 nitrogen and oxygen atoms in total. The molecule has 0 aliphatic carbocycles. The molecule has 0 saturated carbocycles. The molecule has 5 heteroatoms. The van der Waals surface area contributed by atoms with Crippen molar-refractivity contribution in [3.8, 4) is 11.5 Å². The minimum Gasteiger partial charge on any atom is -0.497 e. The van der Waals surface area contributed by atoms with Crippen molar-refractivity contribution in [2.75, 3.05) is 14.2 Å². The summed E-state index contributed by atoms with van der Waals surface area (Å²) in [4.78, 5) is 9.62. The van der Waals surface area contributed by atoms with Gasteiger partial charge >= 0.3 is 0 Å². The predicted molar refractivity (Wildman–Crippen MR) is 55.6 cm³/mol. The monoisotopic (exact) mass is 209 g/mol. The molecule has 1 aromatic rings. The maximum Gasteiger partial charge on any atom is 0.235 e. The van der Waals surface area contributed by atoms with Crippen LogP contribution in [0.25, 0.3) is 6.08 Å². The van der Waals surface area contributed by atoms with E-state index in [-0.39, 0.29) is 0 Å². The Balaban J connectivity index is 3.01. The third-order valence-corrected chi connectivity index (χ3v) is 1.76. The minimum atomic E-state index is -0.522. The van der Waals surface area contributed by atoms with Gasteiger partial charge in [-0.05, 0) is 17.7 Å². The molecule has 0 amide bonds. The summed E-state index contributed by atoms with van der Waals surface area (Å²) >= 11 is 0. The fourth-order valence-electron chi connectivity index (χ4n) is 1.07. The first kappa shape index (κ1) is 11.0. The first-order valence-corrected chi connectivity index (χ1v) is 4.20. The normalized spacial score (nSPS) is 10.3. The van der Waals surface area contributed by atoms with Gasteiger partial charge in [-0.25, -0.2) is 0 Å². The number of hydrogen-bond acceptors (Lipinski definition) is 4. The fraction of sp³-hybridized carbons (Fsp3) is 0.200. The van der Waals surface area contributed by atoms with Gasteiger partial charge in [-0.15, -0.1) is 0 Å². The van der Waals surface area contributed by atoms with Crippen LogP contribution in [-0.2, 0) is 0 Å². The van der Waals surface area contributed by atoms with Crippen molar-refractivity contribution in [2.24, 2.45) is 0 Å². The molecule has 1 rings (SSSR count). The van der Waals surface area contributed by atoms with Crippen LogP contribution in [0.4, 0.5) is 0 Å². The minimum absolute atomic E-state index is 0.522. The first-order valence-electron chi connectivity index (χ1n) is 4.20. The Morgan fingerprint density at radius 2 is 1.73 bits per heavy atom. The molecule has 0 N–H and O–H groups in total. The second-order valence-electron chi connectivity index (χ2n) is 2.75. The van der Waals surface area contributed by atoms with Crippen LogP contribution in [-0.4, -0.2) is 19.1 Å². The van der Waals surface area contributed by atoms with E-state index in [0.717, 1.165) is 6.20 Å². The van der Waals surface area contributed by atoms with Crippen LogP contribution >= 0.6 is 0 Å². The van der Waals surface area contributed by atoms with Gasteiger partial charge < -0.3 is 9.47 Å². The van der Waals surface area contributed by atoms with Crippen molar-refractivity contribution in [1.82, 2.24) is 0 Å². The highest BCUT2D eigenvalue weighted by Crippen LogP contribution is 2.23. The van der Waals surface area contributed by atoms with Crippen LogP contribution in [0, 0.1) is 10.1 Å². The van der Waals surface area contributed by atoms with Crippen molar-refractivity contribution >= 4 is 6.08 Å². The fourth-order valence-corrected chi connectivity index (χ4v) is 1.07. The van der Waals surface area contributed by atoms with Gasteiger partial charge in [-0.2, -0.15) is 0 Å². The second-order valence-corrected chi connectivity index (χ2v) is 2.75. The molecule has 0 bridgehead atoms. The lowest BCUT2D eigenvalue weighted by atomic mass is 10.2. The standard InChI is InChI=1S/C10H11NO4/c1-14-9-5-8(3-4-11(12)13)6-10(7-9)15-2/h3-7H,1-2H3/b4-3-. The van der Waals surface area contributed by atoms with E-state index < -0.39 is 4.92 Å². The summed E-state index contributed by atoms with van der Waals surface area (Å²) in [6, 6.07) is 5.06. The smallest absolute Gasteiger partial charge is 0.235 e. The molecule has 0 atom stereocenters. The van der Waals surface area contributed by atoms with Gasteiger partial charge in [-0.3, -0.25) is 10.1 Å².